The van der Waals surface area contributed by atoms with Gasteiger partial charge in [0, 0.05) is 13.3 Å². The molecular weight excluding hydrogens is 367 g/mol. The summed E-state index contributed by atoms with van der Waals surface area (Å²) in [5.74, 6) is -0.404. The number of amides is 2. The van der Waals surface area contributed by atoms with Crippen LogP contribution in [0, 0.1) is 18.3 Å². The Kier molecular flexibility index (Phi) is 5.47. The molecular formula is C16H12Cl2N4O3. The van der Waals surface area contributed by atoms with E-state index in [-0.39, 0.29) is 32.4 Å². The van der Waals surface area contributed by atoms with E-state index >= 15 is 0 Å². The third kappa shape index (κ3) is 3.65. The molecule has 128 valence electrons. The molecule has 0 atom stereocenters. The van der Waals surface area contributed by atoms with Crippen LogP contribution < -0.4 is 10.9 Å². The van der Waals surface area contributed by atoms with Gasteiger partial charge in [-0.05, 0) is 24.6 Å². The van der Waals surface area contributed by atoms with Crippen LogP contribution in [0.1, 0.15) is 16.7 Å². The summed E-state index contributed by atoms with van der Waals surface area (Å²) < 4.78 is 0.901. The number of aliphatic imine (C=N–C) groups is 1. The van der Waals surface area contributed by atoms with Crippen LogP contribution in [0.2, 0.25) is 10.0 Å². The molecule has 0 spiro atoms. The summed E-state index contributed by atoms with van der Waals surface area (Å²) in [6, 6.07) is 5.73. The molecule has 0 saturated carbocycles. The molecule has 0 radical (unpaired) electrons. The van der Waals surface area contributed by atoms with Crippen molar-refractivity contribution in [2.45, 2.75) is 6.92 Å². The molecule has 1 heterocycles. The minimum Gasteiger partial charge on any atom is -0.494 e. The molecule has 0 unspecified atom stereocenters. The molecule has 25 heavy (non-hydrogen) atoms. The minimum atomic E-state index is -0.768. The maximum atomic E-state index is 12.0. The number of carbonyl (C=O) groups is 1. The standard InChI is InChI=1S/C16H12Cl2N4O3/c1-8-9(6-19)14(23)22(2)15(24)10(8)7-20-16(25)21-12-5-3-4-11(17)13(12)18/h3-5,7,24H,1-2H3,(H,21,25). The number of aromatic hydroxyl groups is 1. The highest BCUT2D eigenvalue weighted by Gasteiger charge is 2.16. The largest absolute Gasteiger partial charge is 0.494 e. The SMILES string of the molecule is Cc1c(C=NC(=O)Nc2cccc(Cl)c2Cl)c(O)n(C)c(=O)c1C#N. The van der Waals surface area contributed by atoms with Crippen molar-refractivity contribution in [1.82, 2.24) is 4.57 Å². The van der Waals surface area contributed by atoms with E-state index in [1.165, 1.54) is 14.0 Å². The Morgan fingerprint density at radius 3 is 2.76 bits per heavy atom. The van der Waals surface area contributed by atoms with Gasteiger partial charge >= 0.3 is 6.03 Å². The lowest BCUT2D eigenvalue weighted by molar-refractivity contribution is 0.259. The van der Waals surface area contributed by atoms with Gasteiger partial charge in [-0.25, -0.2) is 9.79 Å². The molecule has 2 rings (SSSR count). The number of halogens is 2. The monoisotopic (exact) mass is 378 g/mol. The van der Waals surface area contributed by atoms with E-state index in [2.05, 4.69) is 10.3 Å². The summed E-state index contributed by atoms with van der Waals surface area (Å²) in [6.45, 7) is 1.48. The summed E-state index contributed by atoms with van der Waals surface area (Å²) in [4.78, 5) is 27.5. The number of nitrogens with zero attached hydrogens (tertiary/aromatic N) is 3. The van der Waals surface area contributed by atoms with E-state index < -0.39 is 17.5 Å². The fourth-order valence-electron chi connectivity index (χ4n) is 2.06. The van der Waals surface area contributed by atoms with Crippen molar-refractivity contribution in [2.24, 2.45) is 12.0 Å². The number of hydrogen-bond acceptors (Lipinski definition) is 4. The Labute approximate surface area is 152 Å². The summed E-state index contributed by atoms with van der Waals surface area (Å²) in [5, 5.41) is 22.0. The highest BCUT2D eigenvalue weighted by Crippen LogP contribution is 2.29. The number of carbonyl (C=O) groups excluding carboxylic acids is 1. The smallest absolute Gasteiger partial charge is 0.345 e. The van der Waals surface area contributed by atoms with Crippen LogP contribution >= 0.6 is 23.2 Å². The number of rotatable bonds is 2. The van der Waals surface area contributed by atoms with Crippen LogP contribution in [0.15, 0.2) is 28.0 Å². The van der Waals surface area contributed by atoms with E-state index in [4.69, 9.17) is 28.5 Å². The van der Waals surface area contributed by atoms with Gasteiger partial charge in [0.25, 0.3) is 5.56 Å². The third-order valence-electron chi connectivity index (χ3n) is 3.47. The normalized spacial score (nSPS) is 10.7. The van der Waals surface area contributed by atoms with Gasteiger partial charge in [-0.2, -0.15) is 5.26 Å². The first-order valence-corrected chi connectivity index (χ1v) is 7.65. The second kappa shape index (κ2) is 7.38. The predicted molar refractivity (Wildman–Crippen MR) is 95.9 cm³/mol. The van der Waals surface area contributed by atoms with Gasteiger partial charge in [-0.3, -0.25) is 9.36 Å². The Bertz CT molecular complexity index is 990. The number of pyridine rings is 1. The summed E-state index contributed by atoms with van der Waals surface area (Å²) in [7, 11) is 1.31. The first kappa shape index (κ1) is 18.5. The number of nitrogens with one attached hydrogen (secondary N) is 1. The molecule has 1 aromatic carbocycles. The van der Waals surface area contributed by atoms with Crippen molar-refractivity contribution in [3.8, 4) is 11.9 Å². The molecule has 0 aliphatic carbocycles. The van der Waals surface area contributed by atoms with Crippen LogP contribution in [-0.2, 0) is 7.05 Å². The molecule has 0 saturated heterocycles. The minimum absolute atomic E-state index is 0.0889. The highest BCUT2D eigenvalue weighted by atomic mass is 35.5. The van der Waals surface area contributed by atoms with Crippen LogP contribution in [0.25, 0.3) is 0 Å². The first-order chi connectivity index (χ1) is 11.8. The molecule has 0 aliphatic heterocycles. The molecule has 0 fully saturated rings. The number of aromatic nitrogens is 1. The van der Waals surface area contributed by atoms with Crippen LogP contribution in [-0.4, -0.2) is 21.9 Å². The zero-order valence-corrected chi connectivity index (χ0v) is 14.7. The topological polar surface area (TPSA) is 107 Å². The predicted octanol–water partition coefficient (Wildman–Crippen LogP) is 3.23. The zero-order chi connectivity index (χ0) is 18.7. The van der Waals surface area contributed by atoms with Crippen molar-refractivity contribution < 1.29 is 9.90 Å². The van der Waals surface area contributed by atoms with Gasteiger partial charge in [-0.1, -0.05) is 29.3 Å². The fraction of sp³-hybridized carbons (Fsp3) is 0.125. The average molecular weight is 379 g/mol. The molecule has 9 heteroatoms. The number of nitriles is 1. The van der Waals surface area contributed by atoms with Gasteiger partial charge in [0.2, 0.25) is 5.88 Å². The lowest BCUT2D eigenvalue weighted by Crippen LogP contribution is -2.22. The highest BCUT2D eigenvalue weighted by molar-refractivity contribution is 6.44. The number of benzene rings is 1. The molecule has 7 nitrogen and oxygen atoms in total. The molecule has 2 amide bonds. The van der Waals surface area contributed by atoms with Crippen molar-refractivity contribution in [2.75, 3.05) is 5.32 Å². The van der Waals surface area contributed by atoms with Crippen LogP contribution in [0.3, 0.4) is 0 Å². The van der Waals surface area contributed by atoms with E-state index in [9.17, 15) is 14.7 Å². The number of hydrogen-bond donors (Lipinski definition) is 2. The number of urea groups is 1. The van der Waals surface area contributed by atoms with Gasteiger partial charge in [-0.15, -0.1) is 0 Å². The van der Waals surface area contributed by atoms with Crippen LogP contribution in [0.5, 0.6) is 5.88 Å². The third-order valence-corrected chi connectivity index (χ3v) is 4.29. The summed E-state index contributed by atoms with van der Waals surface area (Å²) in [5.41, 5.74) is -0.188. The van der Waals surface area contributed by atoms with Gasteiger partial charge in [0.1, 0.15) is 11.6 Å². The number of anilines is 1. The first-order valence-electron chi connectivity index (χ1n) is 6.89. The van der Waals surface area contributed by atoms with Crippen molar-refractivity contribution >= 4 is 41.1 Å². The second-order valence-electron chi connectivity index (χ2n) is 5.00. The van der Waals surface area contributed by atoms with Crippen molar-refractivity contribution in [1.29, 1.82) is 5.26 Å². The maximum Gasteiger partial charge on any atom is 0.345 e. The molecule has 2 N–H and O–H groups in total. The van der Waals surface area contributed by atoms with Gasteiger partial charge < -0.3 is 10.4 Å². The average Bonchev–Trinajstić information content (AvgIpc) is 2.57. The quantitative estimate of drug-likeness (QED) is 0.781. The van der Waals surface area contributed by atoms with E-state index in [1.54, 1.807) is 24.3 Å². The second-order valence-corrected chi connectivity index (χ2v) is 5.79. The lowest BCUT2D eigenvalue weighted by Gasteiger charge is -2.10. The fourth-order valence-corrected chi connectivity index (χ4v) is 2.41. The van der Waals surface area contributed by atoms with Gasteiger partial charge in [0.15, 0.2) is 0 Å². The Balaban J connectivity index is 2.35. The van der Waals surface area contributed by atoms with Crippen LogP contribution in [0.4, 0.5) is 10.5 Å². The molecule has 2 aromatic rings. The van der Waals surface area contributed by atoms with Crippen molar-refractivity contribution in [3.63, 3.8) is 0 Å². The lowest BCUT2D eigenvalue weighted by atomic mass is 10.1. The molecule has 0 aliphatic rings. The van der Waals surface area contributed by atoms with E-state index in [1.807, 2.05) is 0 Å². The molecule has 1 aromatic heterocycles. The van der Waals surface area contributed by atoms with E-state index in [0.29, 0.717) is 0 Å². The zero-order valence-electron chi connectivity index (χ0n) is 13.2. The Morgan fingerprint density at radius 1 is 1.44 bits per heavy atom. The van der Waals surface area contributed by atoms with Crippen molar-refractivity contribution in [3.05, 3.63) is 55.3 Å². The maximum absolute atomic E-state index is 12.0. The van der Waals surface area contributed by atoms with Gasteiger partial charge in [0.05, 0.1) is 21.3 Å². The summed E-state index contributed by atoms with van der Waals surface area (Å²) >= 11 is 11.8. The Morgan fingerprint density at radius 2 is 2.12 bits per heavy atom. The molecule has 0 bridgehead atoms. The summed E-state index contributed by atoms with van der Waals surface area (Å²) in [6.07, 6.45) is 1.07. The van der Waals surface area contributed by atoms with E-state index in [0.717, 1.165) is 10.8 Å². The Hall–Kier alpha value is -2.82.